The number of hydrogen-bond acceptors (Lipinski definition) is 5. The van der Waals surface area contributed by atoms with Crippen LogP contribution in [0.2, 0.25) is 0 Å². The van der Waals surface area contributed by atoms with Crippen molar-refractivity contribution < 1.29 is 24.6 Å². The Kier molecular flexibility index (Phi) is 9.11. The summed E-state index contributed by atoms with van der Waals surface area (Å²) in [7, 11) is 0. The number of thioether (sulfide) groups is 1. The van der Waals surface area contributed by atoms with Crippen molar-refractivity contribution in [3.05, 3.63) is 35.9 Å². The van der Waals surface area contributed by atoms with Crippen molar-refractivity contribution in [2.75, 3.05) is 12.3 Å². The fraction of sp³-hybridized carbons (Fsp3) is 0.250. The highest BCUT2D eigenvalue weighted by Gasteiger charge is 2.07. The number of hydrogen-bond donors (Lipinski definition) is 3. The van der Waals surface area contributed by atoms with E-state index < -0.39 is 11.9 Å². The number of nitrogens with two attached hydrogens (primary N) is 1. The van der Waals surface area contributed by atoms with E-state index in [-0.39, 0.29) is 23.8 Å². The van der Waals surface area contributed by atoms with Gasteiger partial charge in [0, 0.05) is 12.1 Å². The molecule has 0 saturated carbocycles. The molecule has 0 aliphatic carbocycles. The number of carbonyl (C=O) groups is 3. The van der Waals surface area contributed by atoms with Crippen LogP contribution >= 0.6 is 11.8 Å². The SMILES string of the molecule is NCCC(=O)O.O=C(O)CSC(=O)c1ccccc1. The van der Waals surface area contributed by atoms with Gasteiger partial charge in [-0.15, -0.1) is 0 Å². The van der Waals surface area contributed by atoms with Crippen molar-refractivity contribution in [1.82, 2.24) is 0 Å². The lowest BCUT2D eigenvalue weighted by molar-refractivity contribution is -0.137. The van der Waals surface area contributed by atoms with E-state index in [0.717, 1.165) is 11.8 Å². The zero-order chi connectivity index (χ0) is 14.7. The van der Waals surface area contributed by atoms with Crippen LogP contribution in [0.25, 0.3) is 0 Å². The van der Waals surface area contributed by atoms with Gasteiger partial charge in [-0.25, -0.2) is 0 Å². The first kappa shape index (κ1) is 17.1. The van der Waals surface area contributed by atoms with Gasteiger partial charge in [0.1, 0.15) is 0 Å². The van der Waals surface area contributed by atoms with Crippen LogP contribution in [0.3, 0.4) is 0 Å². The molecule has 0 aliphatic heterocycles. The monoisotopic (exact) mass is 285 g/mol. The maximum Gasteiger partial charge on any atom is 0.313 e. The van der Waals surface area contributed by atoms with Crippen LogP contribution < -0.4 is 5.73 Å². The molecule has 6 nitrogen and oxygen atoms in total. The molecule has 1 rings (SSSR count). The third-order valence-corrected chi connectivity index (χ3v) is 2.58. The van der Waals surface area contributed by atoms with Crippen molar-refractivity contribution in [2.24, 2.45) is 5.73 Å². The normalized spacial score (nSPS) is 9.11. The first-order valence-electron chi connectivity index (χ1n) is 5.33. The van der Waals surface area contributed by atoms with E-state index in [1.165, 1.54) is 0 Å². The Morgan fingerprint density at radius 1 is 1.05 bits per heavy atom. The minimum absolute atomic E-state index is 0.0694. The standard InChI is InChI=1S/C9H8O3S.C3H7NO2/c10-8(11)6-13-9(12)7-4-2-1-3-5-7;4-2-1-3(5)6/h1-5H,6H2,(H,10,11);1-2,4H2,(H,5,6). The number of carboxylic acid groups (broad SMARTS) is 2. The van der Waals surface area contributed by atoms with E-state index >= 15 is 0 Å². The second kappa shape index (κ2) is 10.1. The molecular formula is C12H15NO5S. The summed E-state index contributed by atoms with van der Waals surface area (Å²) in [6.07, 6.45) is 0.0694. The minimum atomic E-state index is -0.978. The molecule has 0 bridgehead atoms. The number of aliphatic carboxylic acids is 2. The van der Waals surface area contributed by atoms with E-state index in [9.17, 15) is 14.4 Å². The summed E-state index contributed by atoms with van der Waals surface area (Å²) < 4.78 is 0. The van der Waals surface area contributed by atoms with Crippen LogP contribution in [0.15, 0.2) is 30.3 Å². The summed E-state index contributed by atoms with van der Waals surface area (Å²) in [5.74, 6) is -2.00. The largest absolute Gasteiger partial charge is 0.481 e. The molecule has 1 aromatic carbocycles. The zero-order valence-electron chi connectivity index (χ0n) is 10.1. The predicted octanol–water partition coefficient (Wildman–Crippen LogP) is 1.06. The van der Waals surface area contributed by atoms with E-state index in [4.69, 9.17) is 15.9 Å². The third-order valence-electron chi connectivity index (χ3n) is 1.69. The number of rotatable bonds is 5. The number of benzene rings is 1. The van der Waals surface area contributed by atoms with Gasteiger partial charge in [0.15, 0.2) is 0 Å². The van der Waals surface area contributed by atoms with Gasteiger partial charge in [0.25, 0.3) is 0 Å². The smallest absolute Gasteiger partial charge is 0.313 e. The number of carbonyl (C=O) groups excluding carboxylic acids is 1. The molecule has 0 aliphatic rings. The maximum atomic E-state index is 11.2. The van der Waals surface area contributed by atoms with Gasteiger partial charge in [-0.2, -0.15) is 0 Å². The van der Waals surface area contributed by atoms with Gasteiger partial charge < -0.3 is 15.9 Å². The van der Waals surface area contributed by atoms with Gasteiger partial charge in [-0.3, -0.25) is 14.4 Å². The molecule has 19 heavy (non-hydrogen) atoms. The highest BCUT2D eigenvalue weighted by atomic mass is 32.2. The molecule has 0 saturated heterocycles. The Morgan fingerprint density at radius 2 is 1.63 bits per heavy atom. The summed E-state index contributed by atoms with van der Waals surface area (Å²) in [6.45, 7) is 0.231. The van der Waals surface area contributed by atoms with Crippen molar-refractivity contribution in [1.29, 1.82) is 0 Å². The van der Waals surface area contributed by atoms with Crippen molar-refractivity contribution >= 4 is 28.8 Å². The molecule has 7 heteroatoms. The molecule has 4 N–H and O–H groups in total. The van der Waals surface area contributed by atoms with E-state index in [1.807, 2.05) is 0 Å². The Balaban J connectivity index is 0.000000459. The van der Waals surface area contributed by atoms with Crippen LogP contribution in [-0.2, 0) is 9.59 Å². The first-order chi connectivity index (χ1) is 8.97. The topological polar surface area (TPSA) is 118 Å². The second-order valence-corrected chi connectivity index (χ2v) is 4.22. The zero-order valence-corrected chi connectivity index (χ0v) is 10.9. The highest BCUT2D eigenvalue weighted by Crippen LogP contribution is 2.11. The summed E-state index contributed by atoms with van der Waals surface area (Å²) in [4.78, 5) is 30.9. The Labute approximate surface area is 114 Å². The molecule has 0 heterocycles. The maximum absolute atomic E-state index is 11.2. The highest BCUT2D eigenvalue weighted by molar-refractivity contribution is 8.14. The lowest BCUT2D eigenvalue weighted by Crippen LogP contribution is -2.05. The third kappa shape index (κ3) is 9.81. The minimum Gasteiger partial charge on any atom is -0.481 e. The van der Waals surface area contributed by atoms with Crippen molar-refractivity contribution in [3.8, 4) is 0 Å². The van der Waals surface area contributed by atoms with Crippen LogP contribution in [-0.4, -0.2) is 39.6 Å². The Hall–Kier alpha value is -1.86. The van der Waals surface area contributed by atoms with E-state index in [2.05, 4.69) is 0 Å². The average molecular weight is 285 g/mol. The van der Waals surface area contributed by atoms with Gasteiger partial charge in [-0.05, 0) is 0 Å². The summed E-state index contributed by atoms with van der Waals surface area (Å²) >= 11 is 0.799. The molecule has 104 valence electrons. The van der Waals surface area contributed by atoms with Crippen molar-refractivity contribution in [3.63, 3.8) is 0 Å². The Morgan fingerprint density at radius 3 is 2.00 bits per heavy atom. The van der Waals surface area contributed by atoms with Gasteiger partial charge in [-0.1, -0.05) is 42.1 Å². The average Bonchev–Trinajstić information content (AvgIpc) is 2.37. The van der Waals surface area contributed by atoms with Crippen LogP contribution in [0.5, 0.6) is 0 Å². The lowest BCUT2D eigenvalue weighted by Gasteiger charge is -1.96. The molecular weight excluding hydrogens is 270 g/mol. The molecule has 0 radical (unpaired) electrons. The van der Waals surface area contributed by atoms with Gasteiger partial charge in [0.2, 0.25) is 5.12 Å². The second-order valence-electron chi connectivity index (χ2n) is 3.27. The molecule has 0 aromatic heterocycles. The van der Waals surface area contributed by atoms with Crippen LogP contribution in [0, 0.1) is 0 Å². The fourth-order valence-corrected chi connectivity index (χ4v) is 1.47. The van der Waals surface area contributed by atoms with Crippen molar-refractivity contribution in [2.45, 2.75) is 6.42 Å². The van der Waals surface area contributed by atoms with Crippen LogP contribution in [0.1, 0.15) is 16.8 Å². The molecule has 0 spiro atoms. The van der Waals surface area contributed by atoms with E-state index in [0.29, 0.717) is 5.56 Å². The quantitative estimate of drug-likeness (QED) is 0.740. The van der Waals surface area contributed by atoms with E-state index in [1.54, 1.807) is 30.3 Å². The van der Waals surface area contributed by atoms with Gasteiger partial charge >= 0.3 is 11.9 Å². The molecule has 1 aromatic rings. The molecule has 0 fully saturated rings. The fourth-order valence-electron chi connectivity index (χ4n) is 0.908. The molecule has 0 atom stereocenters. The number of carboxylic acids is 2. The summed E-state index contributed by atoms with van der Waals surface area (Å²) in [6, 6.07) is 8.62. The predicted molar refractivity (Wildman–Crippen MR) is 72.2 cm³/mol. The lowest BCUT2D eigenvalue weighted by atomic mass is 10.2. The summed E-state index contributed by atoms with van der Waals surface area (Å²) in [5, 5.41) is 16.0. The van der Waals surface area contributed by atoms with Gasteiger partial charge in [0.05, 0.1) is 12.2 Å². The molecule has 0 amide bonds. The Bertz CT molecular complexity index is 421. The summed E-state index contributed by atoms with van der Waals surface area (Å²) in [5.41, 5.74) is 5.38. The van der Waals surface area contributed by atoms with Crippen LogP contribution in [0.4, 0.5) is 0 Å². The first-order valence-corrected chi connectivity index (χ1v) is 6.31. The molecule has 0 unspecified atom stereocenters.